The summed E-state index contributed by atoms with van der Waals surface area (Å²) in [5.41, 5.74) is 0.688. The van der Waals surface area contributed by atoms with E-state index < -0.39 is 5.91 Å². The highest BCUT2D eigenvalue weighted by Crippen LogP contribution is 2.22. The number of rotatable bonds is 1. The molecule has 0 aromatic heterocycles. The topological polar surface area (TPSA) is 37.4 Å². The number of nitrogens with zero attached hydrogens (tertiary/aromatic N) is 1. The highest BCUT2D eigenvalue weighted by Gasteiger charge is 2.30. The Morgan fingerprint density at radius 2 is 2.07 bits per heavy atom. The Balaban J connectivity index is 2.32. The number of hydrogen-bond donors (Lipinski definition) is 0. The molecular formula is C10H8ClNO2. The van der Waals surface area contributed by atoms with Gasteiger partial charge in [0.2, 0.25) is 5.78 Å². The summed E-state index contributed by atoms with van der Waals surface area (Å²) < 4.78 is 0. The molecule has 0 saturated carbocycles. The fourth-order valence-electron chi connectivity index (χ4n) is 1.46. The van der Waals surface area contributed by atoms with Crippen LogP contribution in [0.5, 0.6) is 0 Å². The van der Waals surface area contributed by atoms with Crippen molar-refractivity contribution in [2.24, 2.45) is 0 Å². The van der Waals surface area contributed by atoms with Gasteiger partial charge in [0.15, 0.2) is 0 Å². The van der Waals surface area contributed by atoms with Crippen molar-refractivity contribution in [3.63, 3.8) is 0 Å². The van der Waals surface area contributed by atoms with Crippen LogP contribution in [-0.4, -0.2) is 18.2 Å². The van der Waals surface area contributed by atoms with E-state index in [1.165, 1.54) is 4.90 Å². The summed E-state index contributed by atoms with van der Waals surface area (Å²) >= 11 is 5.78. The zero-order valence-electron chi connectivity index (χ0n) is 7.37. The van der Waals surface area contributed by atoms with E-state index in [2.05, 4.69) is 0 Å². The lowest BCUT2D eigenvalue weighted by molar-refractivity contribution is -0.133. The second-order valence-electron chi connectivity index (χ2n) is 3.11. The molecule has 0 bridgehead atoms. The second kappa shape index (κ2) is 3.42. The first-order valence-corrected chi connectivity index (χ1v) is 4.66. The molecule has 1 fully saturated rings. The minimum Gasteiger partial charge on any atom is -0.305 e. The molecule has 0 unspecified atom stereocenters. The van der Waals surface area contributed by atoms with Gasteiger partial charge in [0.05, 0.1) is 0 Å². The van der Waals surface area contributed by atoms with Crippen LogP contribution in [0.15, 0.2) is 24.3 Å². The highest BCUT2D eigenvalue weighted by atomic mass is 35.5. The molecule has 1 aromatic carbocycles. The lowest BCUT2D eigenvalue weighted by Gasteiger charge is -2.14. The fraction of sp³-hybridized carbons (Fsp3) is 0.200. The van der Waals surface area contributed by atoms with Crippen molar-refractivity contribution < 1.29 is 9.59 Å². The molecule has 1 aliphatic rings. The quantitative estimate of drug-likeness (QED) is 0.660. The first-order valence-electron chi connectivity index (χ1n) is 4.29. The van der Waals surface area contributed by atoms with Gasteiger partial charge in [-0.3, -0.25) is 9.59 Å². The van der Waals surface area contributed by atoms with Crippen LogP contribution < -0.4 is 4.90 Å². The summed E-state index contributed by atoms with van der Waals surface area (Å²) in [6.45, 7) is 0.456. The van der Waals surface area contributed by atoms with Gasteiger partial charge in [-0.25, -0.2) is 0 Å². The lowest BCUT2D eigenvalue weighted by Crippen LogP contribution is -2.26. The maximum absolute atomic E-state index is 11.4. The predicted molar refractivity (Wildman–Crippen MR) is 53.4 cm³/mol. The van der Waals surface area contributed by atoms with Crippen LogP contribution in [0.25, 0.3) is 0 Å². The Morgan fingerprint density at radius 3 is 2.64 bits per heavy atom. The molecule has 2 rings (SSSR count). The minimum absolute atomic E-state index is 0.297. The van der Waals surface area contributed by atoms with Crippen LogP contribution >= 0.6 is 11.6 Å². The first kappa shape index (κ1) is 9.21. The molecule has 0 spiro atoms. The van der Waals surface area contributed by atoms with Crippen LogP contribution in [0.4, 0.5) is 5.69 Å². The first-order chi connectivity index (χ1) is 6.68. The van der Waals surface area contributed by atoms with Gasteiger partial charge < -0.3 is 4.90 Å². The Kier molecular flexibility index (Phi) is 2.25. The SMILES string of the molecule is O=C1CCN(c2cccc(Cl)c2)C1=O. The minimum atomic E-state index is -0.438. The molecule has 1 heterocycles. The smallest absolute Gasteiger partial charge is 0.294 e. The Labute approximate surface area is 86.3 Å². The number of hydrogen-bond acceptors (Lipinski definition) is 2. The van der Waals surface area contributed by atoms with Crippen LogP contribution in [0.3, 0.4) is 0 Å². The van der Waals surface area contributed by atoms with E-state index in [0.717, 1.165) is 0 Å². The number of Topliss-reactive ketones (excluding diaryl/α,β-unsaturated/α-hetero) is 1. The molecule has 1 aliphatic heterocycles. The van der Waals surface area contributed by atoms with Gasteiger partial charge in [0, 0.05) is 23.7 Å². The van der Waals surface area contributed by atoms with E-state index >= 15 is 0 Å². The molecule has 14 heavy (non-hydrogen) atoms. The maximum atomic E-state index is 11.4. The van der Waals surface area contributed by atoms with Gasteiger partial charge in [-0.15, -0.1) is 0 Å². The third-order valence-electron chi connectivity index (χ3n) is 2.17. The predicted octanol–water partition coefficient (Wildman–Crippen LogP) is 1.65. The van der Waals surface area contributed by atoms with E-state index in [1.54, 1.807) is 24.3 Å². The Bertz CT molecular complexity index is 403. The van der Waals surface area contributed by atoms with Crippen molar-refractivity contribution in [1.29, 1.82) is 0 Å². The molecule has 0 N–H and O–H groups in total. The molecule has 1 saturated heterocycles. The van der Waals surface area contributed by atoms with Crippen molar-refractivity contribution in [1.82, 2.24) is 0 Å². The molecule has 72 valence electrons. The summed E-state index contributed by atoms with van der Waals surface area (Å²) in [5, 5.41) is 0.564. The van der Waals surface area contributed by atoms with E-state index in [4.69, 9.17) is 11.6 Å². The van der Waals surface area contributed by atoms with Gasteiger partial charge >= 0.3 is 0 Å². The van der Waals surface area contributed by atoms with Crippen LogP contribution in [0, 0.1) is 0 Å². The van der Waals surface area contributed by atoms with E-state index in [1.807, 2.05) is 0 Å². The van der Waals surface area contributed by atoms with Crippen molar-refractivity contribution in [3.05, 3.63) is 29.3 Å². The molecule has 0 atom stereocenters. The van der Waals surface area contributed by atoms with Crippen LogP contribution in [0.1, 0.15) is 6.42 Å². The molecule has 1 aromatic rings. The van der Waals surface area contributed by atoms with E-state index in [9.17, 15) is 9.59 Å². The monoisotopic (exact) mass is 209 g/mol. The molecular weight excluding hydrogens is 202 g/mol. The molecule has 4 heteroatoms. The zero-order valence-corrected chi connectivity index (χ0v) is 8.12. The number of carbonyl (C=O) groups excluding carboxylic acids is 2. The average molecular weight is 210 g/mol. The third-order valence-corrected chi connectivity index (χ3v) is 2.40. The van der Waals surface area contributed by atoms with Gasteiger partial charge in [-0.2, -0.15) is 0 Å². The number of carbonyl (C=O) groups is 2. The zero-order chi connectivity index (χ0) is 10.1. The highest BCUT2D eigenvalue weighted by molar-refractivity contribution is 6.43. The summed E-state index contributed by atoms with van der Waals surface area (Å²) in [6.07, 6.45) is 0.297. The lowest BCUT2D eigenvalue weighted by atomic mass is 10.3. The van der Waals surface area contributed by atoms with E-state index in [-0.39, 0.29) is 5.78 Å². The Morgan fingerprint density at radius 1 is 1.29 bits per heavy atom. The van der Waals surface area contributed by atoms with Gasteiger partial charge in [-0.1, -0.05) is 17.7 Å². The summed E-state index contributed by atoms with van der Waals surface area (Å²) in [7, 11) is 0. The number of ketones is 1. The summed E-state index contributed by atoms with van der Waals surface area (Å²) in [5.74, 6) is -0.766. The Hall–Kier alpha value is -1.35. The van der Waals surface area contributed by atoms with Gasteiger partial charge in [0.25, 0.3) is 5.91 Å². The summed E-state index contributed by atoms with van der Waals surface area (Å²) in [4.78, 5) is 23.8. The largest absolute Gasteiger partial charge is 0.305 e. The van der Waals surface area contributed by atoms with Crippen LogP contribution in [0.2, 0.25) is 5.02 Å². The van der Waals surface area contributed by atoms with Crippen molar-refractivity contribution in [2.45, 2.75) is 6.42 Å². The number of halogens is 1. The van der Waals surface area contributed by atoms with Crippen molar-refractivity contribution >= 4 is 29.0 Å². The van der Waals surface area contributed by atoms with Crippen LogP contribution in [-0.2, 0) is 9.59 Å². The van der Waals surface area contributed by atoms with Gasteiger partial charge in [0.1, 0.15) is 0 Å². The molecule has 1 amide bonds. The molecule has 0 radical (unpaired) electrons. The average Bonchev–Trinajstić information content (AvgIpc) is 2.48. The standard InChI is InChI=1S/C10H8ClNO2/c11-7-2-1-3-8(6-7)12-5-4-9(13)10(12)14/h1-3,6H,4-5H2. The number of anilines is 1. The normalized spacial score (nSPS) is 16.5. The number of benzene rings is 1. The van der Waals surface area contributed by atoms with Crippen molar-refractivity contribution in [3.8, 4) is 0 Å². The number of amides is 1. The second-order valence-corrected chi connectivity index (χ2v) is 3.55. The molecule has 3 nitrogen and oxygen atoms in total. The summed E-state index contributed by atoms with van der Waals surface area (Å²) in [6, 6.07) is 6.93. The van der Waals surface area contributed by atoms with E-state index in [0.29, 0.717) is 23.7 Å². The maximum Gasteiger partial charge on any atom is 0.294 e. The molecule has 0 aliphatic carbocycles. The fourth-order valence-corrected chi connectivity index (χ4v) is 1.65. The third kappa shape index (κ3) is 1.51. The van der Waals surface area contributed by atoms with Crippen molar-refractivity contribution in [2.75, 3.05) is 11.4 Å². The van der Waals surface area contributed by atoms with Gasteiger partial charge in [-0.05, 0) is 18.2 Å².